The van der Waals surface area contributed by atoms with E-state index in [2.05, 4.69) is 20.5 Å². The lowest BCUT2D eigenvalue weighted by Gasteiger charge is -2.31. The molecule has 1 aromatic carbocycles. The van der Waals surface area contributed by atoms with Crippen molar-refractivity contribution in [1.29, 1.82) is 0 Å². The predicted octanol–water partition coefficient (Wildman–Crippen LogP) is 2.23. The van der Waals surface area contributed by atoms with Gasteiger partial charge in [-0.3, -0.25) is 19.5 Å². The maximum atomic E-state index is 12.1. The molecule has 1 aliphatic rings. The van der Waals surface area contributed by atoms with E-state index in [0.717, 1.165) is 37.2 Å². The van der Waals surface area contributed by atoms with Gasteiger partial charge in [-0.1, -0.05) is 24.3 Å². The van der Waals surface area contributed by atoms with Crippen molar-refractivity contribution >= 4 is 17.5 Å². The Hall–Kier alpha value is -2.73. The number of hydrogen-bond acceptors (Lipinski definition) is 4. The summed E-state index contributed by atoms with van der Waals surface area (Å²) in [6.45, 7) is 2.02. The van der Waals surface area contributed by atoms with Gasteiger partial charge in [0.15, 0.2) is 0 Å². The molecular formula is C21H26N4O2. The molecule has 2 N–H and O–H groups in total. The van der Waals surface area contributed by atoms with Gasteiger partial charge in [-0.15, -0.1) is 0 Å². The molecule has 2 amide bonds. The lowest BCUT2D eigenvalue weighted by molar-refractivity contribution is -0.122. The number of amides is 2. The molecule has 3 rings (SSSR count). The second-order valence-corrected chi connectivity index (χ2v) is 6.89. The lowest BCUT2D eigenvalue weighted by atomic mass is 10.0. The highest BCUT2D eigenvalue weighted by Crippen LogP contribution is 2.12. The number of nitrogens with one attached hydrogen (secondary N) is 2. The smallest absolute Gasteiger partial charge is 0.238 e. The molecule has 0 unspecified atom stereocenters. The second-order valence-electron chi connectivity index (χ2n) is 6.89. The van der Waals surface area contributed by atoms with Crippen LogP contribution in [0.4, 0.5) is 5.69 Å². The van der Waals surface area contributed by atoms with Crippen LogP contribution in [0.2, 0.25) is 0 Å². The first-order chi connectivity index (χ1) is 13.2. The predicted molar refractivity (Wildman–Crippen MR) is 105 cm³/mol. The zero-order chi connectivity index (χ0) is 18.9. The highest BCUT2D eigenvalue weighted by molar-refractivity contribution is 5.92. The number of piperidine rings is 1. The van der Waals surface area contributed by atoms with Crippen molar-refractivity contribution in [1.82, 2.24) is 15.2 Å². The highest BCUT2D eigenvalue weighted by atomic mass is 16.2. The number of aromatic nitrogens is 1. The van der Waals surface area contributed by atoms with E-state index in [-0.39, 0.29) is 17.9 Å². The fourth-order valence-corrected chi connectivity index (χ4v) is 3.26. The van der Waals surface area contributed by atoms with E-state index in [1.807, 2.05) is 42.5 Å². The minimum absolute atomic E-state index is 0.000145. The van der Waals surface area contributed by atoms with Crippen molar-refractivity contribution < 1.29 is 9.59 Å². The molecule has 1 aliphatic heterocycles. The Kier molecular flexibility index (Phi) is 6.93. The Balaban J connectivity index is 1.33. The summed E-state index contributed by atoms with van der Waals surface area (Å²) in [5, 5.41) is 6.03. The van der Waals surface area contributed by atoms with Gasteiger partial charge in [0, 0.05) is 43.6 Å². The summed E-state index contributed by atoms with van der Waals surface area (Å²) in [4.78, 5) is 30.5. The molecule has 0 aliphatic carbocycles. The van der Waals surface area contributed by atoms with Gasteiger partial charge in [0.25, 0.3) is 0 Å². The van der Waals surface area contributed by atoms with Crippen molar-refractivity contribution in [3.05, 3.63) is 60.4 Å². The molecule has 6 nitrogen and oxygen atoms in total. The Morgan fingerprint density at radius 1 is 1.04 bits per heavy atom. The summed E-state index contributed by atoms with van der Waals surface area (Å²) in [7, 11) is 0. The first-order valence-corrected chi connectivity index (χ1v) is 9.44. The number of anilines is 1. The van der Waals surface area contributed by atoms with E-state index < -0.39 is 0 Å². The molecule has 2 heterocycles. The van der Waals surface area contributed by atoms with Gasteiger partial charge in [-0.2, -0.15) is 0 Å². The topological polar surface area (TPSA) is 74.3 Å². The van der Waals surface area contributed by atoms with Crippen LogP contribution in [-0.4, -0.2) is 47.4 Å². The molecule has 0 radical (unpaired) electrons. The Bertz CT molecular complexity index is 728. The third-order valence-electron chi connectivity index (χ3n) is 4.74. The van der Waals surface area contributed by atoms with Gasteiger partial charge in [-0.05, 0) is 43.0 Å². The SMILES string of the molecule is O=C(CN1CCC(NC(=O)CCc2cccnc2)CC1)Nc1ccccc1. The quantitative estimate of drug-likeness (QED) is 0.788. The van der Waals surface area contributed by atoms with E-state index in [1.54, 1.807) is 12.4 Å². The Morgan fingerprint density at radius 3 is 2.52 bits per heavy atom. The van der Waals surface area contributed by atoms with E-state index in [0.29, 0.717) is 19.4 Å². The molecule has 142 valence electrons. The number of aryl methyl sites for hydroxylation is 1. The fraction of sp³-hybridized carbons (Fsp3) is 0.381. The van der Waals surface area contributed by atoms with E-state index >= 15 is 0 Å². The van der Waals surface area contributed by atoms with Crippen molar-refractivity contribution in [2.75, 3.05) is 25.0 Å². The third kappa shape index (κ3) is 6.49. The maximum absolute atomic E-state index is 12.1. The first kappa shape index (κ1) is 19.0. The number of para-hydroxylation sites is 1. The standard InChI is InChI=1S/C21H26N4O2/c26-20(9-8-17-5-4-12-22-15-17)23-19-10-13-25(14-11-19)16-21(27)24-18-6-2-1-3-7-18/h1-7,12,15,19H,8-11,13-14,16H2,(H,23,26)(H,24,27). The molecule has 0 bridgehead atoms. The van der Waals surface area contributed by atoms with E-state index in [9.17, 15) is 9.59 Å². The number of hydrogen-bond donors (Lipinski definition) is 2. The van der Waals surface area contributed by atoms with Gasteiger partial charge >= 0.3 is 0 Å². The monoisotopic (exact) mass is 366 g/mol. The van der Waals surface area contributed by atoms with Crippen molar-refractivity contribution in [3.63, 3.8) is 0 Å². The van der Waals surface area contributed by atoms with Crippen molar-refractivity contribution in [2.45, 2.75) is 31.7 Å². The third-order valence-corrected chi connectivity index (χ3v) is 4.74. The molecule has 0 spiro atoms. The minimum atomic E-state index is 0.000145. The number of nitrogens with zero attached hydrogens (tertiary/aromatic N) is 2. The number of pyridine rings is 1. The van der Waals surface area contributed by atoms with Crippen LogP contribution in [-0.2, 0) is 16.0 Å². The average Bonchev–Trinajstić information content (AvgIpc) is 2.69. The van der Waals surface area contributed by atoms with Crippen molar-refractivity contribution in [3.8, 4) is 0 Å². The van der Waals surface area contributed by atoms with Gasteiger partial charge in [0.05, 0.1) is 6.54 Å². The van der Waals surface area contributed by atoms with Gasteiger partial charge in [-0.25, -0.2) is 0 Å². The van der Waals surface area contributed by atoms with Gasteiger partial charge < -0.3 is 10.6 Å². The minimum Gasteiger partial charge on any atom is -0.353 e. The number of carbonyl (C=O) groups is 2. The molecule has 1 saturated heterocycles. The normalized spacial score (nSPS) is 15.3. The summed E-state index contributed by atoms with van der Waals surface area (Å²) in [5.74, 6) is 0.0827. The van der Waals surface area contributed by atoms with Crippen LogP contribution in [0, 0.1) is 0 Å². The Labute approximate surface area is 160 Å². The summed E-state index contributed by atoms with van der Waals surface area (Å²) in [6, 6.07) is 13.5. The molecule has 27 heavy (non-hydrogen) atoms. The first-order valence-electron chi connectivity index (χ1n) is 9.44. The van der Waals surface area contributed by atoms with Crippen LogP contribution in [0.25, 0.3) is 0 Å². The van der Waals surface area contributed by atoms with Gasteiger partial charge in [0.1, 0.15) is 0 Å². The summed E-state index contributed by atoms with van der Waals surface area (Å²) in [6.07, 6.45) is 6.46. The second kappa shape index (κ2) is 9.83. The van der Waals surface area contributed by atoms with Gasteiger partial charge in [0.2, 0.25) is 11.8 Å². The van der Waals surface area contributed by atoms with E-state index in [4.69, 9.17) is 0 Å². The fourth-order valence-electron chi connectivity index (χ4n) is 3.26. The number of benzene rings is 1. The molecule has 6 heteroatoms. The number of likely N-dealkylation sites (tertiary alicyclic amines) is 1. The van der Waals surface area contributed by atoms with Crippen molar-refractivity contribution in [2.24, 2.45) is 0 Å². The lowest BCUT2D eigenvalue weighted by Crippen LogP contribution is -2.46. The molecule has 0 saturated carbocycles. The zero-order valence-electron chi connectivity index (χ0n) is 15.4. The number of carbonyl (C=O) groups excluding carboxylic acids is 2. The summed E-state index contributed by atoms with van der Waals surface area (Å²) in [5.41, 5.74) is 1.89. The molecule has 0 atom stereocenters. The summed E-state index contributed by atoms with van der Waals surface area (Å²) >= 11 is 0. The number of rotatable bonds is 7. The summed E-state index contributed by atoms with van der Waals surface area (Å²) < 4.78 is 0. The zero-order valence-corrected chi connectivity index (χ0v) is 15.4. The van der Waals surface area contributed by atoms with Crippen LogP contribution in [0.15, 0.2) is 54.9 Å². The van der Waals surface area contributed by atoms with Crippen LogP contribution in [0.3, 0.4) is 0 Å². The van der Waals surface area contributed by atoms with Crippen LogP contribution < -0.4 is 10.6 Å². The van der Waals surface area contributed by atoms with Crippen LogP contribution in [0.5, 0.6) is 0 Å². The largest absolute Gasteiger partial charge is 0.353 e. The maximum Gasteiger partial charge on any atom is 0.238 e. The highest BCUT2D eigenvalue weighted by Gasteiger charge is 2.22. The average molecular weight is 366 g/mol. The molecular weight excluding hydrogens is 340 g/mol. The molecule has 1 fully saturated rings. The van der Waals surface area contributed by atoms with E-state index in [1.165, 1.54) is 0 Å². The van der Waals surface area contributed by atoms with Crippen LogP contribution >= 0.6 is 0 Å². The van der Waals surface area contributed by atoms with Crippen LogP contribution in [0.1, 0.15) is 24.8 Å². The Morgan fingerprint density at radius 2 is 1.81 bits per heavy atom. The molecule has 2 aromatic rings. The molecule has 1 aromatic heterocycles.